The summed E-state index contributed by atoms with van der Waals surface area (Å²) < 4.78 is 6.83. The van der Waals surface area contributed by atoms with Crippen LogP contribution in [0.3, 0.4) is 0 Å². The van der Waals surface area contributed by atoms with Crippen LogP contribution in [0.4, 0.5) is 0 Å². The molecule has 4 heteroatoms. The number of fused-ring (bicyclic) bond motifs is 1. The molecule has 3 nitrogen and oxygen atoms in total. The topological polar surface area (TPSA) is 29.5 Å². The average molecular weight is 379 g/mol. The van der Waals surface area contributed by atoms with Crippen molar-refractivity contribution >= 4 is 28.6 Å². The molecule has 20 heavy (non-hydrogen) atoms. The van der Waals surface area contributed by atoms with Crippen molar-refractivity contribution in [2.24, 2.45) is 0 Å². The molecule has 3 aliphatic rings. The van der Waals surface area contributed by atoms with Gasteiger partial charge in [0.25, 0.3) is 0 Å². The van der Waals surface area contributed by atoms with Gasteiger partial charge in [0.05, 0.1) is 0 Å². The van der Waals surface area contributed by atoms with Crippen molar-refractivity contribution in [3.05, 3.63) is 57.2 Å². The number of benzene rings is 1. The van der Waals surface area contributed by atoms with Gasteiger partial charge < -0.3 is 4.74 Å². The van der Waals surface area contributed by atoms with Crippen LogP contribution in [0.1, 0.15) is 12.0 Å². The SMILES string of the molecule is O=C1C=C2C(I)=C[C@@H]3C[C@]2(CN3Cc2ccccc2)O1. The maximum Gasteiger partial charge on any atom is 0.332 e. The first-order valence-corrected chi connectivity index (χ1v) is 7.85. The number of likely N-dealkylation sites (tertiary alicyclic amines) is 1. The third kappa shape index (κ3) is 1.85. The maximum atomic E-state index is 11.7. The lowest BCUT2D eigenvalue weighted by Gasteiger charge is -2.27. The van der Waals surface area contributed by atoms with Crippen molar-refractivity contribution in [1.29, 1.82) is 0 Å². The van der Waals surface area contributed by atoms with Crippen molar-refractivity contribution in [2.45, 2.75) is 24.6 Å². The Bertz CT molecular complexity index is 637. The molecule has 0 saturated carbocycles. The third-order valence-electron chi connectivity index (χ3n) is 4.34. The molecular weight excluding hydrogens is 365 g/mol. The molecular formula is C16H14INO2. The first-order chi connectivity index (χ1) is 9.66. The summed E-state index contributed by atoms with van der Waals surface area (Å²) in [4.78, 5) is 14.1. The van der Waals surface area contributed by atoms with Crippen LogP contribution in [0.2, 0.25) is 0 Å². The van der Waals surface area contributed by atoms with Gasteiger partial charge in [-0.2, -0.15) is 0 Å². The Balaban J connectivity index is 1.65. The summed E-state index contributed by atoms with van der Waals surface area (Å²) in [6.45, 7) is 1.70. The summed E-state index contributed by atoms with van der Waals surface area (Å²) in [5.41, 5.74) is 1.99. The second kappa shape index (κ2) is 4.43. The highest BCUT2D eigenvalue weighted by Gasteiger charge is 2.54. The van der Waals surface area contributed by atoms with Gasteiger partial charge in [0.2, 0.25) is 0 Å². The minimum Gasteiger partial charge on any atom is -0.450 e. The highest BCUT2D eigenvalue weighted by Crippen LogP contribution is 2.49. The molecule has 0 unspecified atom stereocenters. The minimum atomic E-state index is -0.387. The standard InChI is InChI=1S/C16H14INO2/c17-14-6-12-8-16(13(14)7-15(19)20-16)10-18(12)9-11-4-2-1-3-5-11/h1-7,12H,8-10H2/t12-,16-/m1/s1. The van der Waals surface area contributed by atoms with Gasteiger partial charge in [0.15, 0.2) is 5.60 Å². The number of hydrogen-bond donors (Lipinski definition) is 0. The van der Waals surface area contributed by atoms with Crippen LogP contribution in [-0.4, -0.2) is 29.1 Å². The van der Waals surface area contributed by atoms with E-state index in [1.165, 1.54) is 9.14 Å². The van der Waals surface area contributed by atoms with Crippen molar-refractivity contribution in [3.8, 4) is 0 Å². The maximum absolute atomic E-state index is 11.7. The van der Waals surface area contributed by atoms with E-state index in [9.17, 15) is 4.79 Å². The van der Waals surface area contributed by atoms with Crippen molar-refractivity contribution in [2.75, 3.05) is 6.54 Å². The zero-order chi connectivity index (χ0) is 13.7. The number of nitrogens with zero attached hydrogens (tertiary/aromatic N) is 1. The molecule has 2 atom stereocenters. The van der Waals surface area contributed by atoms with E-state index in [0.29, 0.717) is 6.04 Å². The summed E-state index contributed by atoms with van der Waals surface area (Å²) in [6, 6.07) is 10.8. The van der Waals surface area contributed by atoms with E-state index in [-0.39, 0.29) is 11.6 Å². The first-order valence-electron chi connectivity index (χ1n) is 6.77. The molecule has 1 saturated heterocycles. The number of halogens is 1. The molecule has 1 aromatic carbocycles. The van der Waals surface area contributed by atoms with Gasteiger partial charge in [0, 0.05) is 40.8 Å². The summed E-state index contributed by atoms with van der Waals surface area (Å²) in [5, 5.41) is 0. The Morgan fingerprint density at radius 1 is 1.35 bits per heavy atom. The molecule has 1 fully saturated rings. The zero-order valence-corrected chi connectivity index (χ0v) is 13.0. The van der Waals surface area contributed by atoms with Crippen molar-refractivity contribution in [1.82, 2.24) is 4.90 Å². The number of carbonyl (C=O) groups is 1. The van der Waals surface area contributed by atoms with Gasteiger partial charge in [0.1, 0.15) is 0 Å². The van der Waals surface area contributed by atoms with Gasteiger partial charge in [-0.25, -0.2) is 4.79 Å². The monoisotopic (exact) mass is 379 g/mol. The summed E-state index contributed by atoms with van der Waals surface area (Å²) in [6.07, 6.45) is 4.83. The molecule has 2 aliphatic heterocycles. The van der Waals surface area contributed by atoms with E-state index in [2.05, 4.69) is 57.8 Å². The average Bonchev–Trinajstić information content (AvgIpc) is 2.90. The second-order valence-corrected chi connectivity index (χ2v) is 6.81. The fraction of sp³-hybridized carbons (Fsp3) is 0.312. The lowest BCUT2D eigenvalue weighted by molar-refractivity contribution is -0.145. The number of rotatable bonds is 2. The van der Waals surface area contributed by atoms with Crippen LogP contribution < -0.4 is 0 Å². The second-order valence-electron chi connectivity index (χ2n) is 5.65. The van der Waals surface area contributed by atoms with E-state index in [1.807, 2.05) is 6.07 Å². The van der Waals surface area contributed by atoms with E-state index in [0.717, 1.165) is 25.1 Å². The predicted octanol–water partition coefficient (Wildman–Crippen LogP) is 2.82. The molecule has 0 aromatic heterocycles. The summed E-state index contributed by atoms with van der Waals surface area (Å²) >= 11 is 2.32. The van der Waals surface area contributed by atoms with Crippen LogP contribution >= 0.6 is 22.6 Å². The van der Waals surface area contributed by atoms with Gasteiger partial charge in [-0.1, -0.05) is 36.4 Å². The Kier molecular flexibility index (Phi) is 2.79. The number of esters is 1. The molecule has 2 bridgehead atoms. The van der Waals surface area contributed by atoms with Crippen LogP contribution in [0.5, 0.6) is 0 Å². The van der Waals surface area contributed by atoms with Crippen molar-refractivity contribution < 1.29 is 9.53 Å². The van der Waals surface area contributed by atoms with Gasteiger partial charge in [-0.05, 0) is 28.2 Å². The Labute approximate surface area is 131 Å². The van der Waals surface area contributed by atoms with Crippen LogP contribution in [-0.2, 0) is 16.1 Å². The highest BCUT2D eigenvalue weighted by molar-refractivity contribution is 14.1. The Morgan fingerprint density at radius 3 is 2.95 bits per heavy atom. The molecule has 0 amide bonds. The number of carbonyl (C=O) groups excluding carboxylic acids is 1. The van der Waals surface area contributed by atoms with Gasteiger partial charge in [-0.3, -0.25) is 4.90 Å². The highest BCUT2D eigenvalue weighted by atomic mass is 127. The van der Waals surface area contributed by atoms with E-state index >= 15 is 0 Å². The minimum absolute atomic E-state index is 0.190. The molecule has 4 rings (SSSR count). The lowest BCUT2D eigenvalue weighted by atomic mass is 9.87. The van der Waals surface area contributed by atoms with Crippen LogP contribution in [0.25, 0.3) is 0 Å². The molecule has 1 spiro atoms. The molecule has 2 heterocycles. The van der Waals surface area contributed by atoms with Gasteiger partial charge >= 0.3 is 5.97 Å². The first kappa shape index (κ1) is 12.6. The lowest BCUT2D eigenvalue weighted by Crippen LogP contribution is -2.35. The Morgan fingerprint density at radius 2 is 2.15 bits per heavy atom. The van der Waals surface area contributed by atoms with E-state index in [4.69, 9.17) is 4.74 Å². The number of ether oxygens (including phenoxy) is 1. The normalized spacial score (nSPS) is 31.6. The molecule has 102 valence electrons. The third-order valence-corrected chi connectivity index (χ3v) is 5.28. The fourth-order valence-corrected chi connectivity index (χ4v) is 4.54. The van der Waals surface area contributed by atoms with Gasteiger partial charge in [-0.15, -0.1) is 0 Å². The molecule has 1 aromatic rings. The fourth-order valence-electron chi connectivity index (χ4n) is 3.47. The number of hydrogen-bond acceptors (Lipinski definition) is 3. The Hall–Kier alpha value is -1.14. The predicted molar refractivity (Wildman–Crippen MR) is 84.3 cm³/mol. The largest absolute Gasteiger partial charge is 0.450 e. The molecule has 1 aliphatic carbocycles. The van der Waals surface area contributed by atoms with Crippen LogP contribution in [0, 0.1) is 0 Å². The molecule has 0 radical (unpaired) electrons. The smallest absolute Gasteiger partial charge is 0.332 e. The van der Waals surface area contributed by atoms with E-state index in [1.54, 1.807) is 6.08 Å². The molecule has 0 N–H and O–H groups in total. The van der Waals surface area contributed by atoms with Crippen LogP contribution in [0.15, 0.2) is 51.6 Å². The zero-order valence-electron chi connectivity index (χ0n) is 10.9. The summed E-state index contributed by atoms with van der Waals surface area (Å²) in [5.74, 6) is -0.190. The summed E-state index contributed by atoms with van der Waals surface area (Å²) in [7, 11) is 0. The van der Waals surface area contributed by atoms with E-state index < -0.39 is 0 Å². The van der Waals surface area contributed by atoms with Crippen molar-refractivity contribution in [3.63, 3.8) is 0 Å². The quantitative estimate of drug-likeness (QED) is 0.585.